The zero-order chi connectivity index (χ0) is 14.2. The first kappa shape index (κ1) is 14.3. The van der Waals surface area contributed by atoms with Gasteiger partial charge >= 0.3 is 5.97 Å². The Morgan fingerprint density at radius 3 is 2.25 bits per heavy atom. The first-order valence-corrected chi connectivity index (χ1v) is 6.80. The molecule has 20 heavy (non-hydrogen) atoms. The zero-order valence-corrected chi connectivity index (χ0v) is 11.6. The predicted molar refractivity (Wildman–Crippen MR) is 79.1 cm³/mol. The van der Waals surface area contributed by atoms with Gasteiger partial charge in [0.25, 0.3) is 0 Å². The van der Waals surface area contributed by atoms with E-state index in [1.54, 1.807) is 0 Å². The van der Waals surface area contributed by atoms with Crippen LogP contribution in [-0.4, -0.2) is 12.6 Å². The molecular weight excluding hydrogens is 250 g/mol. The molecule has 0 heterocycles. The summed E-state index contributed by atoms with van der Waals surface area (Å²) in [6.45, 7) is 2.82. The molecule has 0 aromatic heterocycles. The average molecular weight is 269 g/mol. The summed E-state index contributed by atoms with van der Waals surface area (Å²) in [6, 6.07) is 19.2. The van der Waals surface area contributed by atoms with Crippen molar-refractivity contribution in [3.8, 4) is 0 Å². The zero-order valence-electron chi connectivity index (χ0n) is 11.6. The van der Waals surface area contributed by atoms with Gasteiger partial charge in [0.1, 0.15) is 6.04 Å². The summed E-state index contributed by atoms with van der Waals surface area (Å²) < 4.78 is 5.15. The second-order valence-corrected chi connectivity index (χ2v) is 4.46. The van der Waals surface area contributed by atoms with Crippen molar-refractivity contribution in [3.63, 3.8) is 0 Å². The smallest absolute Gasteiger partial charge is 0.327 e. The van der Waals surface area contributed by atoms with Crippen LogP contribution in [-0.2, 0) is 16.1 Å². The van der Waals surface area contributed by atoms with Crippen LogP contribution in [0, 0.1) is 0 Å². The van der Waals surface area contributed by atoms with Gasteiger partial charge in [-0.3, -0.25) is 5.32 Å². The molecule has 2 aromatic carbocycles. The average Bonchev–Trinajstić information content (AvgIpc) is 2.50. The Morgan fingerprint density at radius 2 is 1.65 bits per heavy atom. The molecule has 2 aromatic rings. The van der Waals surface area contributed by atoms with Crippen molar-refractivity contribution in [2.24, 2.45) is 0 Å². The van der Waals surface area contributed by atoms with Crippen LogP contribution in [0.2, 0.25) is 0 Å². The molecule has 104 valence electrons. The molecule has 0 amide bonds. The number of nitrogens with one attached hydrogen (secondary N) is 1. The fourth-order valence-corrected chi connectivity index (χ4v) is 2.02. The third-order valence-corrected chi connectivity index (χ3v) is 3.01. The number of carbonyl (C=O) groups is 1. The lowest BCUT2D eigenvalue weighted by Gasteiger charge is -2.17. The SMILES string of the molecule is CCOC(=O)C(NCc1ccccc1)c1ccccc1. The second-order valence-electron chi connectivity index (χ2n) is 4.46. The van der Waals surface area contributed by atoms with E-state index in [0.29, 0.717) is 13.2 Å². The van der Waals surface area contributed by atoms with E-state index in [0.717, 1.165) is 11.1 Å². The van der Waals surface area contributed by atoms with Crippen LogP contribution < -0.4 is 5.32 Å². The maximum absolute atomic E-state index is 12.1. The van der Waals surface area contributed by atoms with Gasteiger partial charge in [-0.1, -0.05) is 60.7 Å². The Kier molecular flexibility index (Phi) is 5.33. The summed E-state index contributed by atoms with van der Waals surface area (Å²) in [5.74, 6) is -0.241. The van der Waals surface area contributed by atoms with Crippen molar-refractivity contribution >= 4 is 5.97 Å². The minimum absolute atomic E-state index is 0.241. The number of hydrogen-bond donors (Lipinski definition) is 1. The number of hydrogen-bond acceptors (Lipinski definition) is 3. The van der Waals surface area contributed by atoms with Crippen molar-refractivity contribution in [1.82, 2.24) is 5.32 Å². The Morgan fingerprint density at radius 1 is 1.05 bits per heavy atom. The van der Waals surface area contributed by atoms with E-state index in [4.69, 9.17) is 4.74 Å². The molecule has 1 atom stereocenters. The van der Waals surface area contributed by atoms with E-state index in [1.165, 1.54) is 0 Å². The van der Waals surface area contributed by atoms with E-state index in [2.05, 4.69) is 5.32 Å². The lowest BCUT2D eigenvalue weighted by molar-refractivity contribution is -0.145. The third kappa shape index (κ3) is 3.93. The van der Waals surface area contributed by atoms with Crippen LogP contribution in [0.3, 0.4) is 0 Å². The number of ether oxygens (including phenoxy) is 1. The van der Waals surface area contributed by atoms with Gasteiger partial charge in [0.05, 0.1) is 6.61 Å². The molecule has 0 spiro atoms. The van der Waals surface area contributed by atoms with Crippen LogP contribution in [0.1, 0.15) is 24.1 Å². The van der Waals surface area contributed by atoms with Crippen molar-refractivity contribution in [3.05, 3.63) is 71.8 Å². The van der Waals surface area contributed by atoms with Gasteiger partial charge in [-0.2, -0.15) is 0 Å². The lowest BCUT2D eigenvalue weighted by atomic mass is 10.1. The Hall–Kier alpha value is -2.13. The van der Waals surface area contributed by atoms with Gasteiger partial charge in [-0.15, -0.1) is 0 Å². The Bertz CT molecular complexity index is 525. The largest absolute Gasteiger partial charge is 0.465 e. The van der Waals surface area contributed by atoms with E-state index in [-0.39, 0.29) is 5.97 Å². The summed E-state index contributed by atoms with van der Waals surface area (Å²) in [6.07, 6.45) is 0. The topological polar surface area (TPSA) is 38.3 Å². The van der Waals surface area contributed by atoms with Crippen LogP contribution >= 0.6 is 0 Å². The highest BCUT2D eigenvalue weighted by molar-refractivity contribution is 5.77. The summed E-state index contributed by atoms with van der Waals surface area (Å²) in [4.78, 5) is 12.1. The van der Waals surface area contributed by atoms with E-state index >= 15 is 0 Å². The van der Waals surface area contributed by atoms with Gasteiger partial charge in [0.2, 0.25) is 0 Å². The first-order valence-electron chi connectivity index (χ1n) is 6.80. The van der Waals surface area contributed by atoms with Crippen molar-refractivity contribution in [2.45, 2.75) is 19.5 Å². The molecule has 1 unspecified atom stereocenters. The van der Waals surface area contributed by atoms with Crippen LogP contribution in [0.25, 0.3) is 0 Å². The molecule has 0 aliphatic rings. The number of benzene rings is 2. The van der Waals surface area contributed by atoms with Crippen LogP contribution in [0.4, 0.5) is 0 Å². The van der Waals surface area contributed by atoms with Crippen LogP contribution in [0.5, 0.6) is 0 Å². The van der Waals surface area contributed by atoms with E-state index in [9.17, 15) is 4.79 Å². The Balaban J connectivity index is 2.09. The molecule has 0 saturated carbocycles. The molecule has 2 rings (SSSR count). The predicted octanol–water partition coefficient (Wildman–Crippen LogP) is 3.08. The second kappa shape index (κ2) is 7.46. The quantitative estimate of drug-likeness (QED) is 0.819. The minimum atomic E-state index is -0.434. The standard InChI is InChI=1S/C17H19NO2/c1-2-20-17(19)16(15-11-7-4-8-12-15)18-13-14-9-5-3-6-10-14/h3-12,16,18H,2,13H2,1H3. The van der Waals surface area contributed by atoms with Crippen LogP contribution in [0.15, 0.2) is 60.7 Å². The maximum atomic E-state index is 12.1. The molecule has 0 aliphatic carbocycles. The van der Waals surface area contributed by atoms with Gasteiger partial charge in [0, 0.05) is 6.54 Å². The minimum Gasteiger partial charge on any atom is -0.465 e. The molecular formula is C17H19NO2. The summed E-state index contributed by atoms with van der Waals surface area (Å²) in [5.41, 5.74) is 2.06. The molecule has 0 bridgehead atoms. The van der Waals surface area contributed by atoms with Gasteiger partial charge in [0.15, 0.2) is 0 Å². The number of rotatable bonds is 6. The molecule has 0 radical (unpaired) electrons. The molecule has 0 saturated heterocycles. The fourth-order valence-electron chi connectivity index (χ4n) is 2.02. The monoisotopic (exact) mass is 269 g/mol. The van der Waals surface area contributed by atoms with Gasteiger partial charge in [-0.25, -0.2) is 4.79 Å². The summed E-state index contributed by atoms with van der Waals surface area (Å²) in [7, 11) is 0. The molecule has 1 N–H and O–H groups in total. The Labute approximate surface area is 119 Å². The highest BCUT2D eigenvalue weighted by atomic mass is 16.5. The van der Waals surface area contributed by atoms with Crippen molar-refractivity contribution in [2.75, 3.05) is 6.61 Å². The number of esters is 1. The first-order chi connectivity index (χ1) is 9.81. The van der Waals surface area contributed by atoms with E-state index in [1.807, 2.05) is 67.6 Å². The van der Waals surface area contributed by atoms with Crippen molar-refractivity contribution < 1.29 is 9.53 Å². The molecule has 0 fully saturated rings. The van der Waals surface area contributed by atoms with E-state index < -0.39 is 6.04 Å². The molecule has 0 aliphatic heterocycles. The highest BCUT2D eigenvalue weighted by Crippen LogP contribution is 2.15. The van der Waals surface area contributed by atoms with Gasteiger partial charge in [-0.05, 0) is 18.1 Å². The normalized spacial score (nSPS) is 11.8. The summed E-state index contributed by atoms with van der Waals surface area (Å²) in [5, 5.41) is 3.26. The lowest BCUT2D eigenvalue weighted by Crippen LogP contribution is -2.29. The van der Waals surface area contributed by atoms with Crippen molar-refractivity contribution in [1.29, 1.82) is 0 Å². The maximum Gasteiger partial charge on any atom is 0.327 e. The summed E-state index contributed by atoms with van der Waals surface area (Å²) >= 11 is 0. The third-order valence-electron chi connectivity index (χ3n) is 3.01. The number of carbonyl (C=O) groups excluding carboxylic acids is 1. The molecule has 3 heteroatoms. The fraction of sp³-hybridized carbons (Fsp3) is 0.235. The molecule has 3 nitrogen and oxygen atoms in total. The highest BCUT2D eigenvalue weighted by Gasteiger charge is 2.20. The van der Waals surface area contributed by atoms with Gasteiger partial charge < -0.3 is 4.74 Å².